The molecule has 516 valence electrons. The van der Waals surface area contributed by atoms with Crippen LogP contribution < -0.4 is 5.32 Å². The lowest BCUT2D eigenvalue weighted by Crippen LogP contribution is -2.60. The molecule has 9 unspecified atom stereocenters. The van der Waals surface area contributed by atoms with E-state index in [1.165, 1.54) is 302 Å². The number of rotatable bonds is 68. The van der Waals surface area contributed by atoms with Gasteiger partial charge in [-0.05, 0) is 51.4 Å². The molecule has 0 aromatic heterocycles. The number of nitrogens with one attached hydrogen (secondary N) is 1. The maximum Gasteiger partial charge on any atom is 0.249 e. The van der Waals surface area contributed by atoms with Crippen molar-refractivity contribution in [2.75, 3.05) is 13.2 Å². The van der Waals surface area contributed by atoms with E-state index in [0.717, 1.165) is 38.5 Å². The van der Waals surface area contributed by atoms with Gasteiger partial charge in [0.05, 0.1) is 25.4 Å². The third kappa shape index (κ3) is 51.8. The highest BCUT2D eigenvalue weighted by Gasteiger charge is 2.44. The van der Waals surface area contributed by atoms with Crippen LogP contribution in [0.15, 0.2) is 24.3 Å². The van der Waals surface area contributed by atoms with Crippen molar-refractivity contribution in [3.8, 4) is 0 Å². The molecule has 87 heavy (non-hydrogen) atoms. The van der Waals surface area contributed by atoms with Crippen molar-refractivity contribution in [1.29, 1.82) is 0 Å². The Morgan fingerprint density at radius 3 is 1.02 bits per heavy atom. The largest absolute Gasteiger partial charge is 0.394 e. The summed E-state index contributed by atoms with van der Waals surface area (Å²) in [6, 6.07) is -1.19. The molecule has 0 aliphatic carbocycles. The molecule has 1 rings (SSSR count). The van der Waals surface area contributed by atoms with Crippen LogP contribution in [0.5, 0.6) is 0 Å². The van der Waals surface area contributed by atoms with Gasteiger partial charge in [0.2, 0.25) is 5.91 Å². The quantitative estimate of drug-likeness (QED) is 0.0215. The number of hydrogen-bond acceptors (Lipinski definition) is 10. The van der Waals surface area contributed by atoms with Crippen LogP contribution in [0.4, 0.5) is 0 Å². The number of unbranched alkanes of at least 4 members (excludes halogenated alkanes) is 52. The Morgan fingerprint density at radius 2 is 0.690 bits per heavy atom. The first-order chi connectivity index (χ1) is 42.7. The molecule has 0 radical (unpaired) electrons. The lowest BCUT2D eigenvalue weighted by Gasteiger charge is -2.40. The molecule has 9 atom stereocenters. The average Bonchev–Trinajstić information content (AvgIpc) is 1.94. The number of hydrogen-bond donors (Lipinski definition) is 8. The minimum absolute atomic E-state index is 0.250. The third-order valence-corrected chi connectivity index (χ3v) is 18.7. The molecule has 1 saturated heterocycles. The SMILES string of the molecule is CCCCCCCCCCCCCCCCCCCCC/C=C/CC/C=C/CCCC(O)C(O)C(COC1OC(CO)C(O)C(O)C1O)NC(=O)C(O)CCCCCCCCCCCCCCCCCCCCCCCCCCCCCCCCCC. The van der Waals surface area contributed by atoms with Crippen molar-refractivity contribution >= 4 is 5.91 Å². The monoisotopic (exact) mass is 1230 g/mol. The van der Waals surface area contributed by atoms with E-state index < -0.39 is 74.2 Å². The molecule has 11 nitrogen and oxygen atoms in total. The number of aliphatic hydroxyl groups is 7. The van der Waals surface area contributed by atoms with Crippen molar-refractivity contribution < 1.29 is 50.0 Å². The molecule has 0 aromatic carbocycles. The van der Waals surface area contributed by atoms with Crippen molar-refractivity contribution in [3.63, 3.8) is 0 Å². The Labute approximate surface area is 537 Å². The van der Waals surface area contributed by atoms with Crippen LogP contribution in [0.2, 0.25) is 0 Å². The summed E-state index contributed by atoms with van der Waals surface area (Å²) in [7, 11) is 0. The normalized spacial score (nSPS) is 18.7. The zero-order chi connectivity index (χ0) is 63.1. The van der Waals surface area contributed by atoms with Gasteiger partial charge in [0.25, 0.3) is 0 Å². The summed E-state index contributed by atoms with van der Waals surface area (Å²) in [4.78, 5) is 13.3. The second kappa shape index (κ2) is 64.7. The number of ether oxygens (including phenoxy) is 2. The number of aliphatic hydroxyl groups excluding tert-OH is 7. The van der Waals surface area contributed by atoms with Crippen LogP contribution in [-0.2, 0) is 14.3 Å². The molecule has 1 aliphatic rings. The zero-order valence-corrected chi connectivity index (χ0v) is 57.3. The van der Waals surface area contributed by atoms with Gasteiger partial charge in [-0.3, -0.25) is 4.79 Å². The first-order valence-corrected chi connectivity index (χ1v) is 38.2. The molecule has 8 N–H and O–H groups in total. The zero-order valence-electron chi connectivity index (χ0n) is 57.3. The minimum atomic E-state index is -1.67. The van der Waals surface area contributed by atoms with Crippen LogP contribution in [0.25, 0.3) is 0 Å². The predicted molar refractivity (Wildman–Crippen MR) is 367 cm³/mol. The summed E-state index contributed by atoms with van der Waals surface area (Å²) in [5.41, 5.74) is 0. The average molecular weight is 1240 g/mol. The van der Waals surface area contributed by atoms with Crippen LogP contribution in [0, 0.1) is 0 Å². The number of allylic oxidation sites excluding steroid dienone is 4. The standard InChI is InChI=1S/C76H147NO10/c1-3-5-7-9-11-13-15-17-19-21-23-25-27-29-31-33-34-35-36-38-40-42-44-46-48-50-52-54-56-58-60-62-64-69(80)75(85)77-67(66-86-76-74(84)73(83)72(82)70(65-78)87-76)71(81)68(79)63-61-59-57-55-53-51-49-47-45-43-41-39-37-32-30-28-26-24-22-20-18-16-14-12-10-8-6-4-2/h47,49,55,57,67-74,76,78-84H,3-46,48,50-54,56,58-66H2,1-2H3,(H,77,85)/b49-47+,57-55+. The van der Waals surface area contributed by atoms with Gasteiger partial charge >= 0.3 is 0 Å². The van der Waals surface area contributed by atoms with Crippen molar-refractivity contribution in [2.45, 2.75) is 441 Å². The van der Waals surface area contributed by atoms with Gasteiger partial charge in [0.15, 0.2) is 6.29 Å². The summed E-state index contributed by atoms with van der Waals surface area (Å²) in [6.07, 6.45) is 71.5. The Kier molecular flexibility index (Phi) is 62.2. The van der Waals surface area contributed by atoms with E-state index in [9.17, 15) is 40.5 Å². The molecule has 1 heterocycles. The molecular formula is C76H147NO10. The van der Waals surface area contributed by atoms with Crippen LogP contribution in [-0.4, -0.2) is 110 Å². The van der Waals surface area contributed by atoms with Gasteiger partial charge in [-0.15, -0.1) is 0 Å². The smallest absolute Gasteiger partial charge is 0.249 e. The number of carbonyl (C=O) groups is 1. The molecule has 0 aromatic rings. The lowest BCUT2D eigenvalue weighted by molar-refractivity contribution is -0.303. The summed E-state index contributed by atoms with van der Waals surface area (Å²) in [6.45, 7) is 3.51. The van der Waals surface area contributed by atoms with Gasteiger partial charge in [-0.1, -0.05) is 359 Å². The maximum atomic E-state index is 13.3. The molecule has 1 fully saturated rings. The van der Waals surface area contributed by atoms with Crippen molar-refractivity contribution in [3.05, 3.63) is 24.3 Å². The Morgan fingerprint density at radius 1 is 0.391 bits per heavy atom. The third-order valence-electron chi connectivity index (χ3n) is 18.7. The fourth-order valence-electron chi connectivity index (χ4n) is 12.6. The predicted octanol–water partition coefficient (Wildman–Crippen LogP) is 19.1. The van der Waals surface area contributed by atoms with Crippen LogP contribution >= 0.6 is 0 Å². The van der Waals surface area contributed by atoms with Crippen LogP contribution in [0.3, 0.4) is 0 Å². The maximum absolute atomic E-state index is 13.3. The van der Waals surface area contributed by atoms with E-state index in [1.54, 1.807) is 0 Å². The molecular weight excluding hydrogens is 1090 g/mol. The molecule has 0 bridgehead atoms. The van der Waals surface area contributed by atoms with Gasteiger partial charge in [0.1, 0.15) is 36.6 Å². The first kappa shape index (κ1) is 83.6. The van der Waals surface area contributed by atoms with E-state index in [-0.39, 0.29) is 12.8 Å². The van der Waals surface area contributed by atoms with Gasteiger partial charge < -0.3 is 50.5 Å². The van der Waals surface area contributed by atoms with Crippen molar-refractivity contribution in [1.82, 2.24) is 5.32 Å². The van der Waals surface area contributed by atoms with E-state index in [0.29, 0.717) is 19.3 Å². The molecule has 11 heteroatoms. The van der Waals surface area contributed by atoms with E-state index in [4.69, 9.17) is 9.47 Å². The Balaban J connectivity index is 2.17. The summed E-state index contributed by atoms with van der Waals surface area (Å²) >= 11 is 0. The Bertz CT molecular complexity index is 1460. The highest BCUT2D eigenvalue weighted by molar-refractivity contribution is 5.80. The highest BCUT2D eigenvalue weighted by Crippen LogP contribution is 2.24. The molecule has 1 amide bonds. The highest BCUT2D eigenvalue weighted by atomic mass is 16.7. The van der Waals surface area contributed by atoms with E-state index >= 15 is 0 Å². The fourth-order valence-corrected chi connectivity index (χ4v) is 12.6. The fraction of sp³-hybridized carbons (Fsp3) is 0.934. The van der Waals surface area contributed by atoms with Gasteiger partial charge in [0, 0.05) is 0 Å². The second-order valence-electron chi connectivity index (χ2n) is 27.1. The van der Waals surface area contributed by atoms with Gasteiger partial charge in [-0.2, -0.15) is 0 Å². The first-order valence-electron chi connectivity index (χ1n) is 38.2. The molecule has 0 spiro atoms. The molecule has 1 aliphatic heterocycles. The lowest BCUT2D eigenvalue weighted by atomic mass is 9.98. The van der Waals surface area contributed by atoms with E-state index in [1.807, 2.05) is 0 Å². The number of carbonyl (C=O) groups excluding carboxylic acids is 1. The van der Waals surface area contributed by atoms with E-state index in [2.05, 4.69) is 43.5 Å². The topological polar surface area (TPSA) is 189 Å². The van der Waals surface area contributed by atoms with Crippen molar-refractivity contribution in [2.24, 2.45) is 0 Å². The Hall–Kier alpha value is -1.41. The molecule has 0 saturated carbocycles. The summed E-state index contributed by atoms with van der Waals surface area (Å²) < 4.78 is 11.2. The van der Waals surface area contributed by atoms with Crippen LogP contribution in [0.1, 0.15) is 386 Å². The van der Waals surface area contributed by atoms with Gasteiger partial charge in [-0.25, -0.2) is 0 Å². The summed E-state index contributed by atoms with van der Waals surface area (Å²) in [5, 5.41) is 76.6. The summed E-state index contributed by atoms with van der Waals surface area (Å²) in [5.74, 6) is -0.702. The second-order valence-corrected chi connectivity index (χ2v) is 27.1. The minimum Gasteiger partial charge on any atom is -0.394 e. The number of amides is 1.